The zero-order valence-corrected chi connectivity index (χ0v) is 20.1. The van der Waals surface area contributed by atoms with Crippen LogP contribution in [0.2, 0.25) is 0 Å². The number of benzene rings is 1. The molecular formula is C24H27F6N3O4. The van der Waals surface area contributed by atoms with Crippen LogP contribution in [0.5, 0.6) is 11.5 Å². The Morgan fingerprint density at radius 3 is 2.51 bits per heavy atom. The van der Waals surface area contributed by atoms with Crippen LogP contribution < -0.4 is 14.8 Å². The predicted molar refractivity (Wildman–Crippen MR) is 122 cm³/mol. The highest BCUT2D eigenvalue weighted by Crippen LogP contribution is 2.45. The molecule has 1 aromatic heterocycles. The summed E-state index contributed by atoms with van der Waals surface area (Å²) in [7, 11) is 1.37. The normalized spacial score (nSPS) is 18.2. The van der Waals surface area contributed by atoms with E-state index in [0.717, 1.165) is 26.1 Å². The molecule has 204 valence electrons. The molecule has 0 amide bonds. The SMILES string of the molecule is COc1cc2c(NCC(F)(F)F)c3c(nc2cc1OCCCN1CCCC1)CCC3OC(=O)C(F)(F)F. The number of hydrogen-bond donors (Lipinski definition) is 1. The summed E-state index contributed by atoms with van der Waals surface area (Å²) in [5, 5.41) is 2.46. The van der Waals surface area contributed by atoms with Crippen LogP contribution in [0.4, 0.5) is 32.0 Å². The van der Waals surface area contributed by atoms with E-state index in [1.807, 2.05) is 0 Å². The molecule has 1 unspecified atom stereocenters. The van der Waals surface area contributed by atoms with Crippen molar-refractivity contribution in [1.82, 2.24) is 9.88 Å². The van der Waals surface area contributed by atoms with Gasteiger partial charge >= 0.3 is 18.3 Å². The molecule has 1 N–H and O–H groups in total. The number of nitrogens with one attached hydrogen (secondary N) is 1. The molecule has 7 nitrogen and oxygen atoms in total. The quantitative estimate of drug-likeness (QED) is 0.270. The first-order valence-corrected chi connectivity index (χ1v) is 11.9. The van der Waals surface area contributed by atoms with Gasteiger partial charge in [-0.1, -0.05) is 0 Å². The summed E-state index contributed by atoms with van der Waals surface area (Å²) in [4.78, 5) is 18.3. The van der Waals surface area contributed by atoms with Gasteiger partial charge < -0.3 is 24.4 Å². The smallest absolute Gasteiger partial charge is 0.490 e. The molecule has 0 radical (unpaired) electrons. The Kier molecular flexibility index (Phi) is 7.91. The highest BCUT2D eigenvalue weighted by molar-refractivity contribution is 5.96. The third-order valence-electron chi connectivity index (χ3n) is 6.37. The Hall–Kier alpha value is -2.96. The lowest BCUT2D eigenvalue weighted by Gasteiger charge is -2.21. The molecule has 0 bridgehead atoms. The maximum Gasteiger partial charge on any atom is 0.490 e. The van der Waals surface area contributed by atoms with E-state index in [1.54, 1.807) is 0 Å². The zero-order valence-electron chi connectivity index (χ0n) is 20.1. The van der Waals surface area contributed by atoms with Crippen molar-refractivity contribution in [2.24, 2.45) is 0 Å². The van der Waals surface area contributed by atoms with Gasteiger partial charge in [0.2, 0.25) is 0 Å². The molecule has 0 spiro atoms. The van der Waals surface area contributed by atoms with Crippen LogP contribution in [0.3, 0.4) is 0 Å². The largest absolute Gasteiger partial charge is 0.493 e. The maximum atomic E-state index is 13.1. The summed E-state index contributed by atoms with van der Waals surface area (Å²) < 4.78 is 93.6. The van der Waals surface area contributed by atoms with Gasteiger partial charge in [0.1, 0.15) is 12.6 Å². The molecular weight excluding hydrogens is 508 g/mol. The van der Waals surface area contributed by atoms with Gasteiger partial charge in [-0.3, -0.25) is 4.98 Å². The molecule has 1 fully saturated rings. The van der Waals surface area contributed by atoms with E-state index in [-0.39, 0.29) is 46.4 Å². The van der Waals surface area contributed by atoms with E-state index in [0.29, 0.717) is 12.4 Å². The minimum absolute atomic E-state index is 0.00400. The second-order valence-electron chi connectivity index (χ2n) is 9.02. The maximum absolute atomic E-state index is 13.1. The summed E-state index contributed by atoms with van der Waals surface area (Å²) in [6.45, 7) is 1.93. The molecule has 37 heavy (non-hydrogen) atoms. The van der Waals surface area contributed by atoms with E-state index >= 15 is 0 Å². The molecule has 0 saturated carbocycles. The van der Waals surface area contributed by atoms with Crippen molar-refractivity contribution < 1.29 is 45.3 Å². The van der Waals surface area contributed by atoms with E-state index in [1.165, 1.54) is 32.1 Å². The van der Waals surface area contributed by atoms with Gasteiger partial charge in [-0.2, -0.15) is 26.3 Å². The lowest BCUT2D eigenvalue weighted by molar-refractivity contribution is -0.205. The number of alkyl halides is 6. The minimum Gasteiger partial charge on any atom is -0.493 e. The average molecular weight is 535 g/mol. The highest BCUT2D eigenvalue weighted by Gasteiger charge is 2.44. The first kappa shape index (κ1) is 27.1. The Labute approximate surface area is 209 Å². The van der Waals surface area contributed by atoms with Crippen LogP contribution in [0.25, 0.3) is 10.9 Å². The average Bonchev–Trinajstić information content (AvgIpc) is 3.48. The molecule has 4 rings (SSSR count). The highest BCUT2D eigenvalue weighted by atomic mass is 19.4. The third kappa shape index (κ3) is 6.49. The number of aromatic nitrogens is 1. The van der Waals surface area contributed by atoms with Crippen LogP contribution in [0, 0.1) is 0 Å². The lowest BCUT2D eigenvalue weighted by Crippen LogP contribution is -2.27. The molecule has 13 heteroatoms. The van der Waals surface area contributed by atoms with Crippen molar-refractivity contribution in [3.63, 3.8) is 0 Å². The fourth-order valence-electron chi connectivity index (χ4n) is 4.73. The molecule has 2 aliphatic rings. The van der Waals surface area contributed by atoms with Crippen LogP contribution in [0.15, 0.2) is 12.1 Å². The summed E-state index contributed by atoms with van der Waals surface area (Å²) in [6, 6.07) is 2.97. The molecule has 1 aliphatic carbocycles. The van der Waals surface area contributed by atoms with E-state index < -0.39 is 31.0 Å². The monoisotopic (exact) mass is 535 g/mol. The number of rotatable bonds is 9. The number of likely N-dealkylation sites (tertiary alicyclic amines) is 1. The fraction of sp³-hybridized carbons (Fsp3) is 0.583. The number of anilines is 1. The summed E-state index contributed by atoms with van der Waals surface area (Å²) >= 11 is 0. The van der Waals surface area contributed by atoms with Gasteiger partial charge in [0.05, 0.1) is 30.6 Å². The second-order valence-corrected chi connectivity index (χ2v) is 9.02. The number of esters is 1. The zero-order chi connectivity index (χ0) is 26.8. The number of ether oxygens (including phenoxy) is 3. The molecule has 2 heterocycles. The molecule has 1 aromatic carbocycles. The van der Waals surface area contributed by atoms with Crippen LogP contribution in [0.1, 0.15) is 43.0 Å². The van der Waals surface area contributed by atoms with Crippen LogP contribution in [-0.2, 0) is 16.0 Å². The number of halogens is 6. The standard InChI is InChI=1S/C24H27F6N3O4/c1-35-18-11-14-16(12-19(18)36-10-4-9-33-7-2-3-8-33)32-15-5-6-17(37-22(34)24(28,29)30)20(15)21(14)31-13-23(25,26)27/h11-12,17H,2-10,13H2,1H3,(H,31,32). The second kappa shape index (κ2) is 10.8. The topological polar surface area (TPSA) is 72.9 Å². The first-order chi connectivity index (χ1) is 17.5. The van der Waals surface area contributed by atoms with Crippen molar-refractivity contribution in [1.29, 1.82) is 0 Å². The number of methoxy groups -OCH3 is 1. The molecule has 1 saturated heterocycles. The third-order valence-corrected chi connectivity index (χ3v) is 6.37. The number of aryl methyl sites for hydroxylation is 1. The molecule has 1 atom stereocenters. The summed E-state index contributed by atoms with van der Waals surface area (Å²) in [6.07, 6.45) is -8.05. The van der Waals surface area contributed by atoms with Crippen molar-refractivity contribution in [2.75, 3.05) is 45.2 Å². The number of nitrogens with zero attached hydrogens (tertiary/aromatic N) is 2. The Morgan fingerprint density at radius 2 is 1.86 bits per heavy atom. The van der Waals surface area contributed by atoms with Gasteiger partial charge in [0, 0.05) is 23.6 Å². The molecule has 2 aromatic rings. The van der Waals surface area contributed by atoms with E-state index in [9.17, 15) is 31.1 Å². The number of hydrogen-bond acceptors (Lipinski definition) is 7. The van der Waals surface area contributed by atoms with Crippen molar-refractivity contribution in [2.45, 2.75) is 50.6 Å². The van der Waals surface area contributed by atoms with Gasteiger partial charge in [-0.05, 0) is 51.3 Å². The lowest BCUT2D eigenvalue weighted by atomic mass is 10.0. The van der Waals surface area contributed by atoms with E-state index in [4.69, 9.17) is 9.47 Å². The number of pyridine rings is 1. The van der Waals surface area contributed by atoms with Gasteiger partial charge in [0.25, 0.3) is 0 Å². The first-order valence-electron chi connectivity index (χ1n) is 11.9. The van der Waals surface area contributed by atoms with Crippen molar-refractivity contribution >= 4 is 22.6 Å². The fourth-order valence-corrected chi connectivity index (χ4v) is 4.73. The summed E-state index contributed by atoms with van der Waals surface area (Å²) in [5.74, 6) is -1.83. The van der Waals surface area contributed by atoms with Crippen LogP contribution >= 0.6 is 0 Å². The predicted octanol–water partition coefficient (Wildman–Crippen LogP) is 5.18. The minimum atomic E-state index is -5.24. The summed E-state index contributed by atoms with van der Waals surface area (Å²) in [5.41, 5.74) is 0.424. The van der Waals surface area contributed by atoms with Crippen molar-refractivity contribution in [3.05, 3.63) is 23.4 Å². The molecule has 1 aliphatic heterocycles. The van der Waals surface area contributed by atoms with Crippen molar-refractivity contribution in [3.8, 4) is 11.5 Å². The number of carbonyl (C=O) groups is 1. The van der Waals surface area contributed by atoms with Gasteiger partial charge in [-0.25, -0.2) is 4.79 Å². The van der Waals surface area contributed by atoms with Crippen LogP contribution in [-0.4, -0.2) is 68.1 Å². The Morgan fingerprint density at radius 1 is 1.14 bits per heavy atom. The number of fused-ring (bicyclic) bond motifs is 2. The van der Waals surface area contributed by atoms with Gasteiger partial charge in [-0.15, -0.1) is 0 Å². The van der Waals surface area contributed by atoms with Gasteiger partial charge in [0.15, 0.2) is 11.5 Å². The Bertz CT molecular complexity index is 1130. The Balaban J connectivity index is 1.66. The number of carbonyl (C=O) groups excluding carboxylic acids is 1. The van der Waals surface area contributed by atoms with E-state index in [2.05, 4.69) is 19.9 Å².